The third-order valence-electron chi connectivity index (χ3n) is 6.71. The van der Waals surface area contributed by atoms with Gasteiger partial charge < -0.3 is 15.2 Å². The number of piperidine rings is 1. The monoisotopic (exact) mass is 414 g/mol. The second-order valence-electron chi connectivity index (χ2n) is 8.80. The fraction of sp³-hybridized carbons (Fsp3) is 0.652. The van der Waals surface area contributed by atoms with Crippen molar-refractivity contribution in [2.24, 2.45) is 0 Å². The molecule has 0 aliphatic carbocycles. The normalized spacial score (nSPS) is 25.4. The Kier molecular flexibility index (Phi) is 6.29. The molecule has 7 nitrogen and oxygen atoms in total. The van der Waals surface area contributed by atoms with Gasteiger partial charge in [0.1, 0.15) is 11.3 Å². The van der Waals surface area contributed by atoms with Crippen LogP contribution in [0.5, 0.6) is 5.75 Å². The molecule has 2 aliphatic heterocycles. The Bertz CT molecular complexity index is 882. The molecule has 2 bridgehead atoms. The highest BCUT2D eigenvalue weighted by molar-refractivity contribution is 6.06. The highest BCUT2D eigenvalue weighted by atomic mass is 16.5. The predicted molar refractivity (Wildman–Crippen MR) is 117 cm³/mol. The fourth-order valence-electron chi connectivity index (χ4n) is 4.90. The topological polar surface area (TPSA) is 79.6 Å². The molecule has 30 heavy (non-hydrogen) atoms. The summed E-state index contributed by atoms with van der Waals surface area (Å²) < 4.78 is 7.59. The first-order valence-electron chi connectivity index (χ1n) is 11.4. The zero-order chi connectivity index (χ0) is 21.3. The van der Waals surface area contributed by atoms with Crippen molar-refractivity contribution in [3.63, 3.8) is 0 Å². The van der Waals surface area contributed by atoms with E-state index in [-0.39, 0.29) is 23.7 Å². The maximum absolute atomic E-state index is 13.2. The molecule has 0 unspecified atom stereocenters. The smallest absolute Gasteiger partial charge is 0.272 e. The number of morpholine rings is 1. The molecule has 2 aromatic rings. The summed E-state index contributed by atoms with van der Waals surface area (Å²) in [4.78, 5) is 15.8. The van der Waals surface area contributed by atoms with Gasteiger partial charge >= 0.3 is 0 Å². The van der Waals surface area contributed by atoms with Crippen molar-refractivity contribution in [2.75, 3.05) is 19.8 Å². The molecule has 4 rings (SSSR count). The maximum atomic E-state index is 13.2. The number of aromatic nitrogens is 2. The number of aromatic hydroxyl groups is 1. The van der Waals surface area contributed by atoms with E-state index in [1.54, 1.807) is 16.8 Å². The van der Waals surface area contributed by atoms with Crippen LogP contribution in [-0.2, 0) is 4.74 Å². The van der Waals surface area contributed by atoms with Gasteiger partial charge in [-0.15, -0.1) is 0 Å². The molecule has 0 radical (unpaired) electrons. The van der Waals surface area contributed by atoms with E-state index in [9.17, 15) is 9.90 Å². The minimum Gasteiger partial charge on any atom is -0.506 e. The number of amides is 1. The third-order valence-corrected chi connectivity index (χ3v) is 6.71. The van der Waals surface area contributed by atoms with E-state index in [0.717, 1.165) is 39.0 Å². The predicted octanol–water partition coefficient (Wildman–Crippen LogP) is 3.47. The van der Waals surface area contributed by atoms with Crippen molar-refractivity contribution in [1.29, 1.82) is 0 Å². The number of para-hydroxylation sites is 1. The van der Waals surface area contributed by atoms with Crippen molar-refractivity contribution in [1.82, 2.24) is 20.0 Å². The van der Waals surface area contributed by atoms with E-state index >= 15 is 0 Å². The molecule has 2 saturated heterocycles. The highest BCUT2D eigenvalue weighted by Gasteiger charge is 2.39. The summed E-state index contributed by atoms with van der Waals surface area (Å²) in [5.74, 6) is 0.00826. The van der Waals surface area contributed by atoms with Gasteiger partial charge in [-0.05, 0) is 45.2 Å². The van der Waals surface area contributed by atoms with Crippen LogP contribution in [0.2, 0.25) is 0 Å². The zero-order valence-corrected chi connectivity index (χ0v) is 18.3. The summed E-state index contributed by atoms with van der Waals surface area (Å²) in [6.07, 6.45) is 5.07. The van der Waals surface area contributed by atoms with E-state index < -0.39 is 0 Å². The first-order valence-corrected chi connectivity index (χ1v) is 11.4. The Morgan fingerprint density at radius 2 is 2.03 bits per heavy atom. The Morgan fingerprint density at radius 3 is 2.70 bits per heavy atom. The van der Waals surface area contributed by atoms with Gasteiger partial charge in [-0.2, -0.15) is 5.10 Å². The van der Waals surface area contributed by atoms with Gasteiger partial charge in [0.2, 0.25) is 0 Å². The van der Waals surface area contributed by atoms with Gasteiger partial charge in [-0.1, -0.05) is 32.4 Å². The summed E-state index contributed by atoms with van der Waals surface area (Å²) in [5.41, 5.74) is 1.03. The van der Waals surface area contributed by atoms with Gasteiger partial charge in [0.15, 0.2) is 5.69 Å². The van der Waals surface area contributed by atoms with Crippen LogP contribution in [0.3, 0.4) is 0 Å². The summed E-state index contributed by atoms with van der Waals surface area (Å²) in [7, 11) is 0. The van der Waals surface area contributed by atoms with Crippen molar-refractivity contribution < 1.29 is 14.6 Å². The Labute approximate surface area is 178 Å². The molecule has 3 heterocycles. The number of fused-ring (bicyclic) bond motifs is 3. The molecule has 0 saturated carbocycles. The third kappa shape index (κ3) is 3.93. The van der Waals surface area contributed by atoms with Crippen LogP contribution in [0.1, 0.15) is 69.4 Å². The second kappa shape index (κ2) is 8.94. The maximum Gasteiger partial charge on any atom is 0.272 e. The average Bonchev–Trinajstić information content (AvgIpc) is 3.13. The van der Waals surface area contributed by atoms with Gasteiger partial charge in [-0.3, -0.25) is 14.4 Å². The number of hydrogen-bond acceptors (Lipinski definition) is 5. The Balaban J connectivity index is 1.54. The average molecular weight is 415 g/mol. The number of nitrogens with one attached hydrogen (secondary N) is 1. The Morgan fingerprint density at radius 1 is 1.30 bits per heavy atom. The molecule has 2 aliphatic rings. The number of hydrogen-bond donors (Lipinski definition) is 2. The number of carbonyl (C=O) groups is 1. The summed E-state index contributed by atoms with van der Waals surface area (Å²) in [6, 6.07) is 6.24. The lowest BCUT2D eigenvalue weighted by molar-refractivity contribution is -0.0802. The molecule has 4 atom stereocenters. The molecular weight excluding hydrogens is 380 g/mol. The van der Waals surface area contributed by atoms with Crippen LogP contribution >= 0.6 is 0 Å². The van der Waals surface area contributed by atoms with E-state index in [1.807, 2.05) is 13.0 Å². The molecule has 0 spiro atoms. The largest absolute Gasteiger partial charge is 0.506 e. The second-order valence-corrected chi connectivity index (χ2v) is 8.80. The molecule has 1 aromatic carbocycles. The van der Waals surface area contributed by atoms with Crippen molar-refractivity contribution in [3.8, 4) is 5.75 Å². The number of unbranched alkanes of at least 4 members (excludes halogenated alkanes) is 1. The van der Waals surface area contributed by atoms with Crippen LogP contribution in [-0.4, -0.2) is 63.6 Å². The van der Waals surface area contributed by atoms with Crippen LogP contribution in [0.4, 0.5) is 0 Å². The van der Waals surface area contributed by atoms with E-state index in [1.165, 1.54) is 12.8 Å². The van der Waals surface area contributed by atoms with Gasteiger partial charge in [-0.25, -0.2) is 0 Å². The molecule has 1 amide bonds. The van der Waals surface area contributed by atoms with Crippen molar-refractivity contribution in [2.45, 2.75) is 77.0 Å². The lowest BCUT2D eigenvalue weighted by atomic mass is 9.89. The zero-order valence-electron chi connectivity index (χ0n) is 18.3. The number of carbonyl (C=O) groups excluding carboxylic acids is 1. The minimum absolute atomic E-state index is 0.0978. The van der Waals surface area contributed by atoms with Crippen LogP contribution in [0.25, 0.3) is 10.9 Å². The number of rotatable bonds is 7. The first-order chi connectivity index (χ1) is 14.5. The molecule has 1 aromatic heterocycles. The number of nitrogens with zero attached hydrogens (tertiary/aromatic N) is 3. The number of ether oxygens (including phenoxy) is 1. The van der Waals surface area contributed by atoms with E-state index in [2.05, 4.69) is 29.2 Å². The summed E-state index contributed by atoms with van der Waals surface area (Å²) in [6.45, 7) is 8.94. The van der Waals surface area contributed by atoms with Crippen molar-refractivity contribution >= 4 is 16.8 Å². The summed E-state index contributed by atoms with van der Waals surface area (Å²) in [5, 5.41) is 19.0. The molecular formula is C23H34N4O3. The standard InChI is InChI=1S/C23H34N4O3/c1-4-6-10-26-17-11-16(12-18(26)14-30-13-17)24-23(29)21-19-8-7-9-20(28)22(19)27(25-21)15(3)5-2/h7-9,15-18,28H,4-6,10-14H2,1-3H3,(H,24,29)/t15-,16-,17-,18+/m0/s1. The van der Waals surface area contributed by atoms with Gasteiger partial charge in [0.25, 0.3) is 5.91 Å². The lowest BCUT2D eigenvalue weighted by Crippen LogP contribution is -2.60. The fourth-order valence-corrected chi connectivity index (χ4v) is 4.90. The molecule has 164 valence electrons. The van der Waals surface area contributed by atoms with Gasteiger partial charge in [0, 0.05) is 29.6 Å². The van der Waals surface area contributed by atoms with Crippen LogP contribution in [0.15, 0.2) is 18.2 Å². The molecule has 2 fully saturated rings. The number of benzene rings is 1. The number of phenols is 1. The summed E-state index contributed by atoms with van der Waals surface area (Å²) >= 11 is 0. The SMILES string of the molecule is CCCCN1[C@@H]2COC[C@H]1C[C@@H](NC(=O)c1nn([C@@H](C)CC)c3c(O)cccc13)C2. The quantitative estimate of drug-likeness (QED) is 0.725. The first kappa shape index (κ1) is 21.1. The Hall–Kier alpha value is -2.12. The molecule has 7 heteroatoms. The van der Waals surface area contributed by atoms with Crippen LogP contribution < -0.4 is 5.32 Å². The van der Waals surface area contributed by atoms with Crippen LogP contribution in [0, 0.1) is 0 Å². The van der Waals surface area contributed by atoms with Gasteiger partial charge in [0.05, 0.1) is 13.2 Å². The van der Waals surface area contributed by atoms with E-state index in [0.29, 0.717) is 28.7 Å². The minimum atomic E-state index is -0.154. The number of phenolic OH excluding ortho intramolecular Hbond substituents is 1. The molecule has 2 N–H and O–H groups in total. The van der Waals surface area contributed by atoms with E-state index in [4.69, 9.17) is 4.74 Å². The van der Waals surface area contributed by atoms with Crippen molar-refractivity contribution in [3.05, 3.63) is 23.9 Å². The lowest BCUT2D eigenvalue weighted by Gasteiger charge is -2.48. The highest BCUT2D eigenvalue weighted by Crippen LogP contribution is 2.31.